The molecular weight excluding hydrogens is 258 g/mol. The Morgan fingerprint density at radius 1 is 0.706 bits per heavy atom. The van der Waals surface area contributed by atoms with Crippen LogP contribution in [0.3, 0.4) is 0 Å². The first-order chi connectivity index (χ1) is 8.27. The van der Waals surface area contributed by atoms with Crippen LogP contribution < -0.4 is 0 Å². The van der Waals surface area contributed by atoms with Crippen LogP contribution in [0.1, 0.15) is 0 Å². The van der Waals surface area contributed by atoms with Crippen molar-refractivity contribution in [1.29, 1.82) is 0 Å². The monoisotopic (exact) mass is 268 g/mol. The SMILES string of the molecule is Fc1ccccc1SCSc1ccccc1F. The van der Waals surface area contributed by atoms with E-state index in [0.29, 0.717) is 14.9 Å². The maximum absolute atomic E-state index is 13.3. The van der Waals surface area contributed by atoms with Gasteiger partial charge in [0, 0.05) is 14.9 Å². The highest BCUT2D eigenvalue weighted by molar-refractivity contribution is 8.16. The summed E-state index contributed by atoms with van der Waals surface area (Å²) in [5.41, 5.74) is 0. The van der Waals surface area contributed by atoms with Crippen molar-refractivity contribution in [1.82, 2.24) is 0 Å². The predicted octanol–water partition coefficient (Wildman–Crippen LogP) is 4.81. The summed E-state index contributed by atoms with van der Waals surface area (Å²) in [7, 11) is 0. The Hall–Kier alpha value is -1.00. The quantitative estimate of drug-likeness (QED) is 0.576. The molecule has 0 bridgehead atoms. The van der Waals surface area contributed by atoms with Crippen molar-refractivity contribution < 1.29 is 8.78 Å². The fourth-order valence-electron chi connectivity index (χ4n) is 1.28. The third kappa shape index (κ3) is 3.48. The summed E-state index contributed by atoms with van der Waals surface area (Å²) in [6.07, 6.45) is 0. The van der Waals surface area contributed by atoms with Gasteiger partial charge >= 0.3 is 0 Å². The molecule has 88 valence electrons. The number of thioether (sulfide) groups is 2. The van der Waals surface area contributed by atoms with Gasteiger partial charge in [-0.2, -0.15) is 0 Å². The molecule has 2 rings (SSSR count). The zero-order chi connectivity index (χ0) is 12.1. The third-order valence-electron chi connectivity index (χ3n) is 2.10. The number of hydrogen-bond acceptors (Lipinski definition) is 2. The van der Waals surface area contributed by atoms with Gasteiger partial charge in [0.05, 0.1) is 0 Å². The van der Waals surface area contributed by atoms with Crippen LogP contribution in [0.15, 0.2) is 58.3 Å². The van der Waals surface area contributed by atoms with Crippen LogP contribution in [0, 0.1) is 11.6 Å². The second-order valence-corrected chi connectivity index (χ2v) is 5.67. The minimum Gasteiger partial charge on any atom is -0.206 e. The first kappa shape index (κ1) is 12.5. The summed E-state index contributed by atoms with van der Waals surface area (Å²) >= 11 is 2.74. The van der Waals surface area contributed by atoms with Crippen molar-refractivity contribution in [3.05, 3.63) is 60.2 Å². The van der Waals surface area contributed by atoms with Crippen molar-refractivity contribution in [3.8, 4) is 0 Å². The molecule has 4 heteroatoms. The van der Waals surface area contributed by atoms with Gasteiger partial charge in [0.2, 0.25) is 0 Å². The van der Waals surface area contributed by atoms with Crippen molar-refractivity contribution in [2.45, 2.75) is 9.79 Å². The van der Waals surface area contributed by atoms with E-state index >= 15 is 0 Å². The maximum atomic E-state index is 13.3. The van der Waals surface area contributed by atoms with Crippen molar-refractivity contribution in [2.24, 2.45) is 0 Å². The van der Waals surface area contributed by atoms with Gasteiger partial charge in [-0.3, -0.25) is 0 Å². The summed E-state index contributed by atoms with van der Waals surface area (Å²) in [4.78, 5) is 1.19. The Bertz CT molecular complexity index is 455. The van der Waals surface area contributed by atoms with Crippen LogP contribution in [-0.2, 0) is 0 Å². The summed E-state index contributed by atoms with van der Waals surface area (Å²) < 4.78 is 26.6. The molecule has 0 saturated carbocycles. The van der Waals surface area contributed by atoms with Gasteiger partial charge in [-0.25, -0.2) is 8.78 Å². The third-order valence-corrected chi connectivity index (χ3v) is 4.33. The minimum atomic E-state index is -0.230. The zero-order valence-corrected chi connectivity index (χ0v) is 10.5. The second kappa shape index (κ2) is 6.07. The van der Waals surface area contributed by atoms with Gasteiger partial charge in [-0.05, 0) is 24.3 Å². The zero-order valence-electron chi connectivity index (χ0n) is 8.90. The lowest BCUT2D eigenvalue weighted by Crippen LogP contribution is -1.82. The van der Waals surface area contributed by atoms with Gasteiger partial charge in [0.25, 0.3) is 0 Å². The van der Waals surface area contributed by atoms with E-state index in [0.717, 1.165) is 0 Å². The number of halogens is 2. The summed E-state index contributed by atoms with van der Waals surface area (Å²) in [6, 6.07) is 13.2. The molecule has 2 aromatic rings. The Morgan fingerprint density at radius 3 is 1.53 bits per heavy atom. The highest BCUT2D eigenvalue weighted by Crippen LogP contribution is 2.30. The lowest BCUT2D eigenvalue weighted by Gasteiger charge is -2.03. The summed E-state index contributed by atoms with van der Waals surface area (Å²) in [5, 5.41) is 0.585. The van der Waals surface area contributed by atoms with E-state index in [-0.39, 0.29) is 11.6 Å². The van der Waals surface area contributed by atoms with Crippen LogP contribution in [-0.4, -0.2) is 5.08 Å². The van der Waals surface area contributed by atoms with E-state index < -0.39 is 0 Å². The average Bonchev–Trinajstić information content (AvgIpc) is 2.34. The van der Waals surface area contributed by atoms with Crippen molar-refractivity contribution in [2.75, 3.05) is 5.08 Å². The molecule has 0 heterocycles. The lowest BCUT2D eigenvalue weighted by molar-refractivity contribution is 0.602. The van der Waals surface area contributed by atoms with E-state index in [2.05, 4.69) is 0 Å². The highest BCUT2D eigenvalue weighted by atomic mass is 32.2. The minimum absolute atomic E-state index is 0.230. The highest BCUT2D eigenvalue weighted by Gasteiger charge is 2.04. The van der Waals surface area contributed by atoms with Gasteiger partial charge < -0.3 is 0 Å². The Balaban J connectivity index is 1.93. The molecule has 0 aliphatic carbocycles. The number of hydrogen-bond donors (Lipinski definition) is 0. The molecule has 2 aromatic carbocycles. The van der Waals surface area contributed by atoms with Crippen LogP contribution >= 0.6 is 23.5 Å². The standard InChI is InChI=1S/C13H10F2S2/c14-10-5-1-3-7-12(10)16-9-17-13-8-4-2-6-11(13)15/h1-8H,9H2. The molecule has 0 unspecified atom stereocenters. The van der Waals surface area contributed by atoms with Crippen LogP contribution in [0.5, 0.6) is 0 Å². The van der Waals surface area contributed by atoms with Crippen molar-refractivity contribution >= 4 is 23.5 Å². The van der Waals surface area contributed by atoms with Gasteiger partial charge in [-0.1, -0.05) is 24.3 Å². The van der Waals surface area contributed by atoms with E-state index in [1.165, 1.54) is 35.7 Å². The fourth-order valence-corrected chi connectivity index (χ4v) is 3.29. The van der Waals surface area contributed by atoms with E-state index in [4.69, 9.17) is 0 Å². The Labute approximate surface area is 107 Å². The van der Waals surface area contributed by atoms with E-state index in [9.17, 15) is 8.78 Å². The smallest absolute Gasteiger partial charge is 0.136 e. The first-order valence-electron chi connectivity index (χ1n) is 5.02. The summed E-state index contributed by atoms with van der Waals surface area (Å²) in [6.45, 7) is 0. The normalized spacial score (nSPS) is 10.5. The molecule has 0 N–H and O–H groups in total. The van der Waals surface area contributed by atoms with Gasteiger partial charge in [0.15, 0.2) is 0 Å². The molecule has 0 aliphatic rings. The lowest BCUT2D eigenvalue weighted by atomic mass is 10.3. The van der Waals surface area contributed by atoms with Gasteiger partial charge in [0.1, 0.15) is 11.6 Å². The second-order valence-electron chi connectivity index (χ2n) is 3.27. The Morgan fingerprint density at radius 2 is 1.12 bits per heavy atom. The Kier molecular flexibility index (Phi) is 4.45. The molecular formula is C13H10F2S2. The molecule has 0 aliphatic heterocycles. The molecule has 0 fully saturated rings. The molecule has 0 aromatic heterocycles. The fraction of sp³-hybridized carbons (Fsp3) is 0.0769. The number of rotatable bonds is 4. The first-order valence-corrected chi connectivity index (χ1v) is 6.99. The van der Waals surface area contributed by atoms with Gasteiger partial charge in [-0.15, -0.1) is 23.5 Å². The predicted molar refractivity (Wildman–Crippen MR) is 69.4 cm³/mol. The molecule has 0 spiro atoms. The van der Waals surface area contributed by atoms with E-state index in [1.807, 2.05) is 0 Å². The maximum Gasteiger partial charge on any atom is 0.136 e. The average molecular weight is 268 g/mol. The molecule has 0 amide bonds. The molecule has 0 nitrogen and oxygen atoms in total. The van der Waals surface area contributed by atoms with Crippen molar-refractivity contribution in [3.63, 3.8) is 0 Å². The molecule has 17 heavy (non-hydrogen) atoms. The molecule has 0 saturated heterocycles. The van der Waals surface area contributed by atoms with Crippen LogP contribution in [0.2, 0.25) is 0 Å². The van der Waals surface area contributed by atoms with Crippen LogP contribution in [0.4, 0.5) is 8.78 Å². The molecule has 0 radical (unpaired) electrons. The number of benzene rings is 2. The largest absolute Gasteiger partial charge is 0.206 e. The van der Waals surface area contributed by atoms with E-state index in [1.54, 1.807) is 36.4 Å². The summed E-state index contributed by atoms with van der Waals surface area (Å²) in [5.74, 6) is -0.460. The topological polar surface area (TPSA) is 0 Å². The molecule has 0 atom stereocenters. The van der Waals surface area contributed by atoms with Crippen LogP contribution in [0.25, 0.3) is 0 Å².